The molecule has 1 fully saturated rings. The minimum Gasteiger partial charge on any atom is -0.780 e. The van der Waals surface area contributed by atoms with E-state index in [1.165, 1.54) is 6.42 Å². The van der Waals surface area contributed by atoms with Crippen molar-refractivity contribution in [2.24, 2.45) is 17.8 Å². The van der Waals surface area contributed by atoms with Crippen LogP contribution < -0.4 is 4.89 Å². The van der Waals surface area contributed by atoms with Gasteiger partial charge in [-0.3, -0.25) is 0 Å². The molecular formula is C15H30NO3PS. The molecule has 0 bridgehead atoms. The van der Waals surface area contributed by atoms with Crippen LogP contribution in [0.25, 0.3) is 0 Å². The zero-order chi connectivity index (χ0) is 16.4. The van der Waals surface area contributed by atoms with Crippen molar-refractivity contribution in [1.82, 2.24) is 0 Å². The van der Waals surface area contributed by atoms with Crippen LogP contribution in [0.4, 0.5) is 0 Å². The van der Waals surface area contributed by atoms with Gasteiger partial charge in [0.2, 0.25) is 0 Å². The van der Waals surface area contributed by atoms with Crippen molar-refractivity contribution >= 4 is 18.5 Å². The first-order valence-corrected chi connectivity index (χ1v) is 10.2. The highest BCUT2D eigenvalue weighted by Crippen LogP contribution is 2.44. The molecule has 0 saturated heterocycles. The highest BCUT2D eigenvalue weighted by Gasteiger charge is 2.38. The maximum atomic E-state index is 11.6. The molecule has 0 spiro atoms. The predicted molar refractivity (Wildman–Crippen MR) is 89.1 cm³/mol. The monoisotopic (exact) mass is 335 g/mol. The van der Waals surface area contributed by atoms with Gasteiger partial charge in [-0.05, 0) is 37.5 Å². The summed E-state index contributed by atoms with van der Waals surface area (Å²) in [5, 5.41) is 0. The summed E-state index contributed by atoms with van der Waals surface area (Å²) in [6, 6.07) is 0. The molecule has 6 heteroatoms. The first kappa shape index (κ1) is 19.3. The van der Waals surface area contributed by atoms with E-state index < -0.39 is 6.72 Å². The average Bonchev–Trinajstić information content (AvgIpc) is 2.23. The molecule has 0 heterocycles. The Morgan fingerprint density at radius 2 is 2.05 bits per heavy atom. The van der Waals surface area contributed by atoms with E-state index in [1.54, 1.807) is 0 Å². The van der Waals surface area contributed by atoms with Crippen molar-refractivity contribution < 1.29 is 18.8 Å². The van der Waals surface area contributed by atoms with E-state index in [-0.39, 0.29) is 12.0 Å². The topological polar surface area (TPSA) is 52.5 Å². The van der Waals surface area contributed by atoms with Crippen molar-refractivity contribution in [3.8, 4) is 0 Å². The molecule has 0 radical (unpaired) electrons. The quantitative estimate of drug-likeness (QED) is 0.460. The van der Waals surface area contributed by atoms with Crippen LogP contribution in [0.1, 0.15) is 33.1 Å². The van der Waals surface area contributed by atoms with Crippen LogP contribution in [0, 0.1) is 17.8 Å². The number of nitrogens with zero attached hydrogens (tertiary/aromatic N) is 1. The molecular weight excluding hydrogens is 305 g/mol. The second-order valence-corrected chi connectivity index (χ2v) is 10.2. The average molecular weight is 335 g/mol. The first-order chi connectivity index (χ1) is 9.39. The van der Waals surface area contributed by atoms with Crippen LogP contribution in [0.5, 0.6) is 0 Å². The van der Waals surface area contributed by atoms with Gasteiger partial charge in [0.05, 0.1) is 21.1 Å². The Morgan fingerprint density at radius 1 is 1.48 bits per heavy atom. The molecule has 0 aliphatic heterocycles. The molecule has 1 N–H and O–H groups in total. The molecule has 124 valence electrons. The van der Waals surface area contributed by atoms with Gasteiger partial charge in [-0.2, -0.15) is 0 Å². The van der Waals surface area contributed by atoms with Gasteiger partial charge in [-0.25, -0.2) is 0 Å². The number of rotatable bonds is 6. The number of hydrogen-bond acceptors (Lipinski definition) is 3. The minimum atomic E-state index is -3.91. The maximum Gasteiger partial charge on any atom is 0.116 e. The van der Waals surface area contributed by atoms with Gasteiger partial charge in [0.25, 0.3) is 0 Å². The molecule has 0 aromatic carbocycles. The second-order valence-electron chi connectivity index (χ2n) is 7.62. The van der Waals surface area contributed by atoms with Crippen LogP contribution in [0.2, 0.25) is 0 Å². The van der Waals surface area contributed by atoms with Crippen LogP contribution in [-0.2, 0) is 16.3 Å². The molecule has 1 aliphatic rings. The predicted octanol–water partition coefficient (Wildman–Crippen LogP) is 2.28. The molecule has 0 aromatic heterocycles. The molecule has 5 atom stereocenters. The first-order valence-electron chi connectivity index (χ1n) is 7.57. The third-order valence-corrected chi connectivity index (χ3v) is 5.06. The molecule has 0 amide bonds. The van der Waals surface area contributed by atoms with Crippen LogP contribution in [-0.4, -0.2) is 43.2 Å². The Hall–Kier alpha value is 0.230. The van der Waals surface area contributed by atoms with Crippen LogP contribution in [0.3, 0.4) is 0 Å². The third-order valence-electron chi connectivity index (χ3n) is 4.27. The number of hydrogen-bond donors (Lipinski definition) is 1. The number of allylic oxidation sites excluding steroid dienone is 1. The van der Waals surface area contributed by atoms with E-state index in [0.717, 1.165) is 18.4 Å². The van der Waals surface area contributed by atoms with E-state index in [4.69, 9.17) is 4.52 Å². The van der Waals surface area contributed by atoms with Crippen molar-refractivity contribution in [2.45, 2.75) is 39.2 Å². The fourth-order valence-electron chi connectivity index (χ4n) is 3.41. The molecule has 4 nitrogen and oxygen atoms in total. The number of quaternary nitrogens is 1. The summed E-state index contributed by atoms with van der Waals surface area (Å²) in [5.41, 5.74) is 1.14. The standard InChI is InChI=1S/C15H30NO3PS/c1-11(2)13-8-7-12(3)9-14(13)15(10-16(4,5)6)19-20(17,18)21/h12-15H,1,7-10H2,2-6H3,(H-,17,18,21). The van der Waals surface area contributed by atoms with E-state index in [9.17, 15) is 9.79 Å². The molecule has 1 rings (SSSR count). The lowest BCUT2D eigenvalue weighted by atomic mass is 9.69. The SMILES string of the molecule is C=C(C)C1CCC(C)CC1C(C[N+](C)(C)C)OP([O-])(O)=S. The largest absolute Gasteiger partial charge is 0.780 e. The van der Waals surface area contributed by atoms with Gasteiger partial charge in [0, 0.05) is 0 Å². The van der Waals surface area contributed by atoms with Crippen molar-refractivity contribution in [3.05, 3.63) is 12.2 Å². The van der Waals surface area contributed by atoms with Gasteiger partial charge in [0.15, 0.2) is 0 Å². The second kappa shape index (κ2) is 7.20. The third kappa shape index (κ3) is 6.89. The summed E-state index contributed by atoms with van der Waals surface area (Å²) in [6.07, 6.45) is 2.95. The fraction of sp³-hybridized carbons (Fsp3) is 0.867. The van der Waals surface area contributed by atoms with Crippen molar-refractivity contribution in [3.63, 3.8) is 0 Å². The Bertz CT molecular complexity index is 416. The summed E-state index contributed by atoms with van der Waals surface area (Å²) in [7, 11) is 6.18. The summed E-state index contributed by atoms with van der Waals surface area (Å²) in [4.78, 5) is 21.2. The summed E-state index contributed by atoms with van der Waals surface area (Å²) in [6.45, 7) is 5.15. The van der Waals surface area contributed by atoms with Crippen molar-refractivity contribution in [2.75, 3.05) is 27.7 Å². The van der Waals surface area contributed by atoms with E-state index in [2.05, 4.69) is 46.5 Å². The molecule has 1 aliphatic carbocycles. The van der Waals surface area contributed by atoms with Crippen molar-refractivity contribution in [1.29, 1.82) is 0 Å². The molecule has 1 saturated carbocycles. The fourth-order valence-corrected chi connectivity index (χ4v) is 4.30. The smallest absolute Gasteiger partial charge is 0.116 e. The zero-order valence-corrected chi connectivity index (χ0v) is 15.6. The summed E-state index contributed by atoms with van der Waals surface area (Å²) < 4.78 is 6.13. The van der Waals surface area contributed by atoms with Gasteiger partial charge in [0.1, 0.15) is 19.4 Å². The van der Waals surface area contributed by atoms with Crippen LogP contribution in [0.15, 0.2) is 12.2 Å². The molecule has 5 unspecified atom stereocenters. The van der Waals surface area contributed by atoms with Gasteiger partial charge in [-0.15, -0.1) is 0 Å². The van der Waals surface area contributed by atoms with Gasteiger partial charge in [-0.1, -0.05) is 37.3 Å². The Balaban J connectivity index is 3.01. The maximum absolute atomic E-state index is 11.6. The Labute approximate surface area is 134 Å². The lowest BCUT2D eigenvalue weighted by Crippen LogP contribution is -2.48. The minimum absolute atomic E-state index is 0.215. The normalized spacial score (nSPS) is 31.5. The summed E-state index contributed by atoms with van der Waals surface area (Å²) in [5.74, 6) is 1.17. The Morgan fingerprint density at radius 3 is 2.48 bits per heavy atom. The lowest BCUT2D eigenvalue weighted by molar-refractivity contribution is -0.873. The van der Waals surface area contributed by atoms with Gasteiger partial charge < -0.3 is 18.8 Å². The zero-order valence-electron chi connectivity index (χ0n) is 13.9. The Kier molecular flexibility index (Phi) is 6.61. The van der Waals surface area contributed by atoms with Gasteiger partial charge >= 0.3 is 0 Å². The van der Waals surface area contributed by atoms with Crippen LogP contribution >= 0.6 is 6.72 Å². The van der Waals surface area contributed by atoms with E-state index in [0.29, 0.717) is 22.9 Å². The van der Waals surface area contributed by atoms with E-state index in [1.807, 2.05) is 6.92 Å². The number of likely N-dealkylation sites (N-methyl/N-ethyl adjacent to an activating group) is 1. The summed E-state index contributed by atoms with van der Waals surface area (Å²) >= 11 is 4.61. The highest BCUT2D eigenvalue weighted by atomic mass is 32.5. The highest BCUT2D eigenvalue weighted by molar-refractivity contribution is 8.06. The molecule has 21 heavy (non-hydrogen) atoms. The van der Waals surface area contributed by atoms with E-state index >= 15 is 0 Å². The lowest BCUT2D eigenvalue weighted by Gasteiger charge is -2.43. The molecule has 0 aromatic rings.